The van der Waals surface area contributed by atoms with Crippen LogP contribution in [0.1, 0.15) is 18.5 Å². The minimum absolute atomic E-state index is 0.0500. The number of para-hydroxylation sites is 1. The first-order valence-electron chi connectivity index (χ1n) is 6.47. The zero-order valence-electron chi connectivity index (χ0n) is 11.2. The van der Waals surface area contributed by atoms with E-state index in [1.54, 1.807) is 12.4 Å². The van der Waals surface area contributed by atoms with Crippen LogP contribution in [-0.4, -0.2) is 9.97 Å². The van der Waals surface area contributed by atoms with Gasteiger partial charge in [0, 0.05) is 29.9 Å². The molecule has 0 amide bonds. The summed E-state index contributed by atoms with van der Waals surface area (Å²) >= 11 is 0. The molecule has 4 heteroatoms. The van der Waals surface area contributed by atoms with Gasteiger partial charge in [-0.25, -0.2) is 4.98 Å². The van der Waals surface area contributed by atoms with E-state index in [1.807, 2.05) is 49.4 Å². The van der Waals surface area contributed by atoms with Gasteiger partial charge >= 0.3 is 0 Å². The lowest BCUT2D eigenvalue weighted by Crippen LogP contribution is -2.05. The molecule has 0 radical (unpaired) electrons. The summed E-state index contributed by atoms with van der Waals surface area (Å²) < 4.78 is 5.85. The molecule has 1 aromatic carbocycles. The van der Waals surface area contributed by atoms with E-state index in [9.17, 15) is 0 Å². The largest absolute Gasteiger partial charge is 0.437 e. The summed E-state index contributed by atoms with van der Waals surface area (Å²) in [5.74, 6) is 1.22. The molecule has 3 aromatic rings. The lowest BCUT2D eigenvalue weighted by molar-refractivity contribution is 0.465. The Morgan fingerprint density at radius 2 is 1.90 bits per heavy atom. The van der Waals surface area contributed by atoms with Crippen molar-refractivity contribution in [2.75, 3.05) is 0 Å². The van der Waals surface area contributed by atoms with Gasteiger partial charge in [0.2, 0.25) is 5.88 Å². The standard InChI is InChI=1S/C16H15N3O/c1-11(17)13-7-9-18-15(10-13)20-14-6-2-4-12-5-3-8-19-16(12)14/h2-11H,17H2,1H3. The first kappa shape index (κ1) is 12.6. The second-order valence-electron chi connectivity index (χ2n) is 4.65. The van der Waals surface area contributed by atoms with Crippen molar-refractivity contribution in [3.05, 3.63) is 60.4 Å². The minimum Gasteiger partial charge on any atom is -0.437 e. The van der Waals surface area contributed by atoms with Crippen LogP contribution in [0.5, 0.6) is 11.6 Å². The lowest BCUT2D eigenvalue weighted by atomic mass is 10.1. The number of ether oxygens (including phenoxy) is 1. The van der Waals surface area contributed by atoms with Crippen LogP contribution >= 0.6 is 0 Å². The molecule has 20 heavy (non-hydrogen) atoms. The van der Waals surface area contributed by atoms with E-state index in [2.05, 4.69) is 9.97 Å². The molecular formula is C16H15N3O. The predicted octanol–water partition coefficient (Wildman–Crippen LogP) is 3.44. The van der Waals surface area contributed by atoms with Gasteiger partial charge in [-0.2, -0.15) is 0 Å². The van der Waals surface area contributed by atoms with Crippen molar-refractivity contribution in [1.29, 1.82) is 0 Å². The van der Waals surface area contributed by atoms with Crippen LogP contribution in [0.2, 0.25) is 0 Å². The van der Waals surface area contributed by atoms with Crippen LogP contribution in [0, 0.1) is 0 Å². The number of rotatable bonds is 3. The molecule has 4 nitrogen and oxygen atoms in total. The monoisotopic (exact) mass is 265 g/mol. The van der Waals surface area contributed by atoms with Crippen molar-refractivity contribution in [2.45, 2.75) is 13.0 Å². The molecule has 0 aliphatic carbocycles. The molecule has 0 saturated carbocycles. The fourth-order valence-electron chi connectivity index (χ4n) is 2.04. The Morgan fingerprint density at radius 1 is 1.05 bits per heavy atom. The van der Waals surface area contributed by atoms with Gasteiger partial charge in [-0.1, -0.05) is 18.2 Å². The molecule has 2 heterocycles. The van der Waals surface area contributed by atoms with Crippen molar-refractivity contribution in [3.8, 4) is 11.6 Å². The number of hydrogen-bond acceptors (Lipinski definition) is 4. The van der Waals surface area contributed by atoms with Crippen LogP contribution in [0.25, 0.3) is 10.9 Å². The van der Waals surface area contributed by atoms with E-state index in [0.717, 1.165) is 16.5 Å². The van der Waals surface area contributed by atoms with Gasteiger partial charge < -0.3 is 10.5 Å². The fourth-order valence-corrected chi connectivity index (χ4v) is 2.04. The van der Waals surface area contributed by atoms with Crippen LogP contribution < -0.4 is 10.5 Å². The number of nitrogens with two attached hydrogens (primary N) is 1. The molecule has 0 aliphatic rings. The van der Waals surface area contributed by atoms with Crippen LogP contribution in [0.3, 0.4) is 0 Å². The number of fused-ring (bicyclic) bond motifs is 1. The molecule has 1 atom stereocenters. The molecule has 0 spiro atoms. The van der Waals surface area contributed by atoms with Crippen molar-refractivity contribution in [3.63, 3.8) is 0 Å². The first-order chi connectivity index (χ1) is 9.74. The molecule has 0 aliphatic heterocycles. The van der Waals surface area contributed by atoms with Gasteiger partial charge in [0.1, 0.15) is 5.52 Å². The number of hydrogen-bond donors (Lipinski definition) is 1. The molecule has 2 N–H and O–H groups in total. The fraction of sp³-hybridized carbons (Fsp3) is 0.125. The quantitative estimate of drug-likeness (QED) is 0.788. The Morgan fingerprint density at radius 3 is 2.75 bits per heavy atom. The highest BCUT2D eigenvalue weighted by Gasteiger charge is 2.07. The highest BCUT2D eigenvalue weighted by Crippen LogP contribution is 2.27. The average molecular weight is 265 g/mol. The van der Waals surface area contributed by atoms with Gasteiger partial charge in [-0.15, -0.1) is 0 Å². The molecule has 3 rings (SSSR count). The van der Waals surface area contributed by atoms with E-state index in [-0.39, 0.29) is 6.04 Å². The van der Waals surface area contributed by atoms with Crippen molar-refractivity contribution in [1.82, 2.24) is 9.97 Å². The summed E-state index contributed by atoms with van der Waals surface area (Å²) in [6.45, 7) is 1.93. The molecule has 0 saturated heterocycles. The van der Waals surface area contributed by atoms with Crippen molar-refractivity contribution < 1.29 is 4.74 Å². The van der Waals surface area contributed by atoms with Crippen LogP contribution in [0.4, 0.5) is 0 Å². The van der Waals surface area contributed by atoms with Gasteiger partial charge in [-0.05, 0) is 30.7 Å². The maximum absolute atomic E-state index is 5.87. The Kier molecular flexibility index (Phi) is 3.31. The van der Waals surface area contributed by atoms with Crippen LogP contribution in [0.15, 0.2) is 54.9 Å². The summed E-state index contributed by atoms with van der Waals surface area (Å²) in [5, 5.41) is 1.04. The normalized spacial score (nSPS) is 12.3. The zero-order valence-corrected chi connectivity index (χ0v) is 11.2. The third kappa shape index (κ3) is 2.46. The van der Waals surface area contributed by atoms with Gasteiger partial charge in [0.25, 0.3) is 0 Å². The van der Waals surface area contributed by atoms with E-state index < -0.39 is 0 Å². The molecule has 0 fully saturated rings. The van der Waals surface area contributed by atoms with Gasteiger partial charge in [0.05, 0.1) is 0 Å². The minimum atomic E-state index is -0.0500. The third-order valence-electron chi connectivity index (χ3n) is 3.09. The van der Waals surface area contributed by atoms with E-state index >= 15 is 0 Å². The topological polar surface area (TPSA) is 61.0 Å². The van der Waals surface area contributed by atoms with E-state index in [1.165, 1.54) is 0 Å². The summed E-state index contributed by atoms with van der Waals surface area (Å²) in [6, 6.07) is 13.4. The van der Waals surface area contributed by atoms with Gasteiger partial charge in [0.15, 0.2) is 5.75 Å². The molecule has 2 aromatic heterocycles. The van der Waals surface area contributed by atoms with Crippen molar-refractivity contribution in [2.24, 2.45) is 5.73 Å². The molecular weight excluding hydrogens is 250 g/mol. The number of aromatic nitrogens is 2. The van der Waals surface area contributed by atoms with Crippen LogP contribution in [-0.2, 0) is 0 Å². The smallest absolute Gasteiger partial charge is 0.219 e. The highest BCUT2D eigenvalue weighted by molar-refractivity contribution is 5.84. The van der Waals surface area contributed by atoms with E-state index in [4.69, 9.17) is 10.5 Å². The second-order valence-corrected chi connectivity index (χ2v) is 4.65. The Labute approximate surface area is 117 Å². The number of benzene rings is 1. The number of nitrogens with zero attached hydrogens (tertiary/aromatic N) is 2. The Hall–Kier alpha value is -2.46. The molecule has 100 valence electrons. The number of pyridine rings is 2. The molecule has 1 unspecified atom stereocenters. The summed E-state index contributed by atoms with van der Waals surface area (Å²) in [4.78, 5) is 8.58. The summed E-state index contributed by atoms with van der Waals surface area (Å²) in [5.41, 5.74) is 7.68. The second kappa shape index (κ2) is 5.27. The maximum atomic E-state index is 5.87. The first-order valence-corrected chi connectivity index (χ1v) is 6.47. The molecule has 0 bridgehead atoms. The third-order valence-corrected chi connectivity index (χ3v) is 3.09. The van der Waals surface area contributed by atoms with E-state index in [0.29, 0.717) is 11.6 Å². The maximum Gasteiger partial charge on any atom is 0.219 e. The lowest BCUT2D eigenvalue weighted by Gasteiger charge is -2.10. The highest BCUT2D eigenvalue weighted by atomic mass is 16.5. The summed E-state index contributed by atoms with van der Waals surface area (Å²) in [6.07, 6.45) is 3.45. The Bertz CT molecular complexity index is 735. The Balaban J connectivity index is 1.99. The zero-order chi connectivity index (χ0) is 13.9. The average Bonchev–Trinajstić information content (AvgIpc) is 2.48. The SMILES string of the molecule is CC(N)c1ccnc(Oc2cccc3cccnc23)c1. The predicted molar refractivity (Wildman–Crippen MR) is 78.7 cm³/mol. The van der Waals surface area contributed by atoms with Crippen molar-refractivity contribution >= 4 is 10.9 Å². The summed E-state index contributed by atoms with van der Waals surface area (Å²) in [7, 11) is 0. The van der Waals surface area contributed by atoms with Gasteiger partial charge in [-0.3, -0.25) is 4.98 Å².